The van der Waals surface area contributed by atoms with Crippen molar-refractivity contribution in [2.45, 2.75) is 136 Å². The lowest BCUT2D eigenvalue weighted by atomic mass is 9.33. The van der Waals surface area contributed by atoms with Gasteiger partial charge < -0.3 is 19.1 Å². The molecule has 2 atom stereocenters. The summed E-state index contributed by atoms with van der Waals surface area (Å²) >= 11 is 0. The second kappa shape index (κ2) is 14.4. The van der Waals surface area contributed by atoms with Crippen molar-refractivity contribution >= 4 is 90.5 Å². The van der Waals surface area contributed by atoms with Crippen LogP contribution >= 0.6 is 0 Å². The Labute approximate surface area is 405 Å². The van der Waals surface area contributed by atoms with Gasteiger partial charge in [-0.25, -0.2) is 0 Å². The highest BCUT2D eigenvalue weighted by atomic mass is 16.3. The van der Waals surface area contributed by atoms with E-state index in [4.69, 9.17) is 4.42 Å². The lowest BCUT2D eigenvalue weighted by molar-refractivity contribution is 0.195. The number of rotatable bonds is 3. The number of anilines is 8. The van der Waals surface area contributed by atoms with Crippen molar-refractivity contribution in [2.75, 3.05) is 14.7 Å². The number of para-hydroxylation sites is 1. The van der Waals surface area contributed by atoms with E-state index < -0.39 is 0 Å². The van der Waals surface area contributed by atoms with Crippen molar-refractivity contribution in [1.29, 1.82) is 0 Å². The number of furan rings is 1. The van der Waals surface area contributed by atoms with Gasteiger partial charge in [0.15, 0.2) is 0 Å². The van der Waals surface area contributed by atoms with Crippen molar-refractivity contribution in [3.8, 4) is 0 Å². The fourth-order valence-corrected chi connectivity index (χ4v) is 12.8. The van der Waals surface area contributed by atoms with Gasteiger partial charge in [0.25, 0.3) is 6.71 Å². The molecular weight excluding hydrogens is 826 g/mol. The molecular formula is C63H66BN3O. The number of hydrogen-bond acceptors (Lipinski definition) is 4. The van der Waals surface area contributed by atoms with E-state index in [1.807, 2.05) is 0 Å². The van der Waals surface area contributed by atoms with E-state index in [0.29, 0.717) is 0 Å². The van der Waals surface area contributed by atoms with Crippen LogP contribution in [0.2, 0.25) is 0 Å². The van der Waals surface area contributed by atoms with Gasteiger partial charge in [-0.15, -0.1) is 0 Å². The standard InChI is InChI=1S/C63H66BN3O/c1-39-32-54-58-55(33-39)66(44-25-29-57-47(37-44)46-20-13-14-21-56(46)68-57)53-38-45(67-51-28-23-41(60(5,6)7)35-48(51)62(11)30-15-16-31-63(62,67)12)24-27-50(53)64(58)49-26-22-42(61(8,9)10)36-52(49)65(54)43-19-17-18-40(34-43)59(2,3)4/h13-14,17-29,32-38H,15-16,30-31H2,1-12H3. The summed E-state index contributed by atoms with van der Waals surface area (Å²) in [5.41, 5.74) is 22.6. The summed E-state index contributed by atoms with van der Waals surface area (Å²) in [5.74, 6) is 0. The summed E-state index contributed by atoms with van der Waals surface area (Å²) in [4.78, 5) is 7.96. The van der Waals surface area contributed by atoms with Crippen LogP contribution in [-0.2, 0) is 21.7 Å². The van der Waals surface area contributed by atoms with Crippen LogP contribution in [0.4, 0.5) is 45.5 Å². The van der Waals surface area contributed by atoms with Crippen molar-refractivity contribution in [3.05, 3.63) is 161 Å². The fourth-order valence-electron chi connectivity index (χ4n) is 12.8. The maximum absolute atomic E-state index is 6.47. The Kier molecular flexibility index (Phi) is 9.14. The van der Waals surface area contributed by atoms with Crippen molar-refractivity contribution in [2.24, 2.45) is 0 Å². The molecule has 5 heteroatoms. The molecule has 0 N–H and O–H groups in total. The van der Waals surface area contributed by atoms with Gasteiger partial charge in [-0.1, -0.05) is 143 Å². The average molecular weight is 892 g/mol. The van der Waals surface area contributed by atoms with E-state index in [1.165, 1.54) is 103 Å². The molecule has 4 heterocycles. The van der Waals surface area contributed by atoms with Crippen LogP contribution in [-0.4, -0.2) is 12.3 Å². The van der Waals surface area contributed by atoms with E-state index in [2.05, 4.69) is 231 Å². The molecule has 7 aromatic carbocycles. The summed E-state index contributed by atoms with van der Waals surface area (Å²) < 4.78 is 6.47. The van der Waals surface area contributed by atoms with E-state index in [9.17, 15) is 0 Å². The quantitative estimate of drug-likeness (QED) is 0.165. The molecule has 8 aromatic rings. The third-order valence-electron chi connectivity index (χ3n) is 16.9. The molecule has 1 aliphatic carbocycles. The van der Waals surface area contributed by atoms with Gasteiger partial charge in [-0.3, -0.25) is 0 Å². The molecule has 3 aliphatic heterocycles. The normalized spacial score (nSPS) is 19.8. The first-order valence-corrected chi connectivity index (χ1v) is 25.2. The van der Waals surface area contributed by atoms with Gasteiger partial charge in [-0.05, 0) is 160 Å². The lowest BCUT2D eigenvalue weighted by Crippen LogP contribution is -2.61. The molecule has 2 unspecified atom stereocenters. The average Bonchev–Trinajstić information content (AvgIpc) is 3.76. The Morgan fingerprint density at radius 3 is 1.79 bits per heavy atom. The molecule has 1 aromatic heterocycles. The molecule has 4 nitrogen and oxygen atoms in total. The van der Waals surface area contributed by atoms with Crippen LogP contribution in [0.15, 0.2) is 138 Å². The second-order valence-electron chi connectivity index (χ2n) is 24.3. The maximum Gasteiger partial charge on any atom is 0.252 e. The molecule has 1 fully saturated rings. The summed E-state index contributed by atoms with van der Waals surface area (Å²) in [6, 6.07) is 51.8. The minimum atomic E-state index is -0.0863. The lowest BCUT2D eigenvalue weighted by Gasteiger charge is -2.50. The van der Waals surface area contributed by atoms with E-state index in [1.54, 1.807) is 0 Å². The number of fused-ring (bicyclic) bond motifs is 10. The van der Waals surface area contributed by atoms with Crippen LogP contribution < -0.4 is 31.1 Å². The number of nitrogens with zero attached hydrogens (tertiary/aromatic N) is 3. The van der Waals surface area contributed by atoms with Gasteiger partial charge in [-0.2, -0.15) is 0 Å². The molecule has 0 saturated heterocycles. The monoisotopic (exact) mass is 892 g/mol. The Balaban J connectivity index is 1.15. The van der Waals surface area contributed by atoms with Gasteiger partial charge in [0.05, 0.1) is 5.54 Å². The minimum Gasteiger partial charge on any atom is -0.456 e. The Morgan fingerprint density at radius 1 is 0.485 bits per heavy atom. The van der Waals surface area contributed by atoms with Gasteiger partial charge in [0.1, 0.15) is 11.2 Å². The van der Waals surface area contributed by atoms with Crippen LogP contribution in [0.1, 0.15) is 130 Å². The first-order chi connectivity index (χ1) is 32.2. The Morgan fingerprint density at radius 2 is 1.07 bits per heavy atom. The predicted octanol–water partition coefficient (Wildman–Crippen LogP) is 15.6. The van der Waals surface area contributed by atoms with Crippen LogP contribution in [0, 0.1) is 6.92 Å². The predicted molar refractivity (Wildman–Crippen MR) is 291 cm³/mol. The zero-order valence-electron chi connectivity index (χ0n) is 42.4. The molecule has 0 bridgehead atoms. The Hall–Kier alpha value is -6.20. The Bertz CT molecular complexity index is 3390. The highest BCUT2D eigenvalue weighted by Crippen LogP contribution is 2.62. The van der Waals surface area contributed by atoms with E-state index in [0.717, 1.165) is 34.0 Å². The minimum absolute atomic E-state index is 0.00331. The van der Waals surface area contributed by atoms with Crippen LogP contribution in [0.25, 0.3) is 21.9 Å². The maximum atomic E-state index is 6.47. The van der Waals surface area contributed by atoms with E-state index >= 15 is 0 Å². The topological polar surface area (TPSA) is 22.9 Å². The molecule has 0 amide bonds. The summed E-state index contributed by atoms with van der Waals surface area (Å²) in [6.07, 6.45) is 4.84. The van der Waals surface area contributed by atoms with Crippen molar-refractivity contribution in [3.63, 3.8) is 0 Å². The zero-order chi connectivity index (χ0) is 47.4. The summed E-state index contributed by atoms with van der Waals surface area (Å²) in [6.45, 7) is 28.5. The first-order valence-electron chi connectivity index (χ1n) is 25.2. The summed E-state index contributed by atoms with van der Waals surface area (Å²) in [7, 11) is 0. The number of hydrogen-bond donors (Lipinski definition) is 0. The van der Waals surface area contributed by atoms with Gasteiger partial charge in [0, 0.05) is 61.7 Å². The molecule has 4 aliphatic rings. The first kappa shape index (κ1) is 43.1. The fraction of sp³-hybridized carbons (Fsp3) is 0.333. The van der Waals surface area contributed by atoms with E-state index in [-0.39, 0.29) is 33.9 Å². The molecule has 1 saturated carbocycles. The second-order valence-corrected chi connectivity index (χ2v) is 24.3. The number of aryl methyl sites for hydroxylation is 1. The third-order valence-corrected chi connectivity index (χ3v) is 16.9. The largest absolute Gasteiger partial charge is 0.456 e. The SMILES string of the molecule is Cc1cc2c3c(c1)N(c1cccc(C(C)(C)C)c1)c1cc(C(C)(C)C)ccc1B3c1ccc(N3c4ccc(C(C)(C)C)cc4C4(C)CCCCC34C)cc1N2c1ccc2oc3ccccc3c2c1. The van der Waals surface area contributed by atoms with Gasteiger partial charge >= 0.3 is 0 Å². The number of benzene rings is 7. The molecule has 342 valence electrons. The highest BCUT2D eigenvalue weighted by molar-refractivity contribution is 7.00. The summed E-state index contributed by atoms with van der Waals surface area (Å²) in [5, 5.41) is 2.27. The molecule has 0 radical (unpaired) electrons. The molecule has 68 heavy (non-hydrogen) atoms. The zero-order valence-corrected chi connectivity index (χ0v) is 42.4. The molecule has 12 rings (SSSR count). The van der Waals surface area contributed by atoms with Crippen molar-refractivity contribution < 1.29 is 4.42 Å². The molecule has 0 spiro atoms. The van der Waals surface area contributed by atoms with Crippen LogP contribution in [0.3, 0.4) is 0 Å². The van der Waals surface area contributed by atoms with Crippen LogP contribution in [0.5, 0.6) is 0 Å². The highest BCUT2D eigenvalue weighted by Gasteiger charge is 2.58. The smallest absolute Gasteiger partial charge is 0.252 e. The van der Waals surface area contributed by atoms with Crippen molar-refractivity contribution in [1.82, 2.24) is 0 Å². The third kappa shape index (κ3) is 6.19. The van der Waals surface area contributed by atoms with Gasteiger partial charge in [0.2, 0.25) is 0 Å².